The van der Waals surface area contributed by atoms with Crippen LogP contribution in [0.4, 0.5) is 0 Å². The van der Waals surface area contributed by atoms with Gasteiger partial charge in [0.1, 0.15) is 0 Å². The number of nitrogens with zero attached hydrogens (tertiary/aromatic N) is 1. The van der Waals surface area contributed by atoms with Gasteiger partial charge in [-0.05, 0) is 55.0 Å². The number of nitrogens with one attached hydrogen (secondary N) is 1. The van der Waals surface area contributed by atoms with E-state index in [1.54, 1.807) is 0 Å². The molecule has 16 heavy (non-hydrogen) atoms. The molecule has 0 unspecified atom stereocenters. The predicted octanol–water partition coefficient (Wildman–Crippen LogP) is 1.43. The summed E-state index contributed by atoms with van der Waals surface area (Å²) in [6.07, 6.45) is 7.37. The van der Waals surface area contributed by atoms with E-state index in [4.69, 9.17) is 5.73 Å². The number of halogens is 1. The van der Waals surface area contributed by atoms with E-state index in [2.05, 4.69) is 16.4 Å². The van der Waals surface area contributed by atoms with Gasteiger partial charge in [0.05, 0.1) is 0 Å². The minimum absolute atomic E-state index is 0. The van der Waals surface area contributed by atoms with Crippen LogP contribution in [0.15, 0.2) is 18.5 Å². The Morgan fingerprint density at radius 1 is 1.38 bits per heavy atom. The van der Waals surface area contributed by atoms with E-state index in [1.807, 2.05) is 12.4 Å². The molecule has 0 aromatic carbocycles. The van der Waals surface area contributed by atoms with Gasteiger partial charge in [-0.2, -0.15) is 0 Å². The van der Waals surface area contributed by atoms with Crippen LogP contribution in [0.25, 0.3) is 0 Å². The lowest BCUT2D eigenvalue weighted by Crippen LogP contribution is -2.41. The minimum atomic E-state index is 0. The molecule has 1 fully saturated rings. The van der Waals surface area contributed by atoms with Crippen molar-refractivity contribution in [1.29, 1.82) is 0 Å². The summed E-state index contributed by atoms with van der Waals surface area (Å²) >= 11 is 0. The van der Waals surface area contributed by atoms with Crippen LogP contribution >= 0.6 is 12.4 Å². The average Bonchev–Trinajstić information content (AvgIpc) is 2.54. The number of pyridine rings is 1. The van der Waals surface area contributed by atoms with Crippen LogP contribution in [0.3, 0.4) is 0 Å². The fraction of sp³-hybridized carbons (Fsp3) is 0.583. The second-order valence-electron chi connectivity index (χ2n) is 4.84. The average molecular weight is 240 g/mol. The molecule has 0 saturated carbocycles. The zero-order valence-electron chi connectivity index (χ0n) is 9.28. The Bertz CT molecular complexity index is 374. The smallest absolute Gasteiger partial charge is 0.0360 e. The Morgan fingerprint density at radius 2 is 2.12 bits per heavy atom. The summed E-state index contributed by atoms with van der Waals surface area (Å²) in [6.45, 7) is 2.21. The molecule has 0 radical (unpaired) electrons. The molecule has 0 amide bonds. The van der Waals surface area contributed by atoms with Gasteiger partial charge in [-0.3, -0.25) is 4.98 Å². The van der Waals surface area contributed by atoms with Crippen molar-refractivity contribution in [2.24, 2.45) is 11.1 Å². The van der Waals surface area contributed by atoms with Gasteiger partial charge < -0.3 is 11.1 Å². The fourth-order valence-electron chi connectivity index (χ4n) is 3.12. The van der Waals surface area contributed by atoms with Crippen molar-refractivity contribution in [2.45, 2.75) is 25.3 Å². The lowest BCUT2D eigenvalue weighted by atomic mass is 9.73. The van der Waals surface area contributed by atoms with Crippen molar-refractivity contribution < 1.29 is 0 Å². The first-order chi connectivity index (χ1) is 7.32. The molecule has 1 aliphatic carbocycles. The topological polar surface area (TPSA) is 50.9 Å². The molecule has 1 aromatic heterocycles. The highest BCUT2D eigenvalue weighted by Gasteiger charge is 2.44. The maximum absolute atomic E-state index is 6.40. The first-order valence-electron chi connectivity index (χ1n) is 5.71. The van der Waals surface area contributed by atoms with E-state index in [1.165, 1.54) is 24.0 Å². The van der Waals surface area contributed by atoms with Crippen LogP contribution < -0.4 is 11.1 Å². The van der Waals surface area contributed by atoms with E-state index in [9.17, 15) is 0 Å². The van der Waals surface area contributed by atoms with Crippen LogP contribution in [0.1, 0.15) is 30.0 Å². The van der Waals surface area contributed by atoms with Gasteiger partial charge in [0.2, 0.25) is 0 Å². The molecule has 4 heteroatoms. The van der Waals surface area contributed by atoms with Gasteiger partial charge in [-0.25, -0.2) is 0 Å². The highest BCUT2D eigenvalue weighted by atomic mass is 35.5. The van der Waals surface area contributed by atoms with Gasteiger partial charge in [0.25, 0.3) is 0 Å². The molecule has 1 saturated heterocycles. The van der Waals surface area contributed by atoms with Crippen molar-refractivity contribution in [3.63, 3.8) is 0 Å². The zero-order valence-corrected chi connectivity index (χ0v) is 10.1. The summed E-state index contributed by atoms with van der Waals surface area (Å²) < 4.78 is 0. The van der Waals surface area contributed by atoms with E-state index in [0.717, 1.165) is 19.5 Å². The van der Waals surface area contributed by atoms with Crippen LogP contribution in [-0.4, -0.2) is 18.1 Å². The molecule has 1 atom stereocenters. The summed E-state index contributed by atoms with van der Waals surface area (Å²) in [5.74, 6) is 0. The largest absolute Gasteiger partial charge is 0.323 e. The summed E-state index contributed by atoms with van der Waals surface area (Å²) in [5.41, 5.74) is 9.41. The van der Waals surface area contributed by atoms with E-state index < -0.39 is 0 Å². The van der Waals surface area contributed by atoms with E-state index in [0.29, 0.717) is 5.41 Å². The lowest BCUT2D eigenvalue weighted by molar-refractivity contribution is 0.174. The van der Waals surface area contributed by atoms with Gasteiger partial charge >= 0.3 is 0 Å². The number of rotatable bonds is 0. The van der Waals surface area contributed by atoms with Gasteiger partial charge in [-0.1, -0.05) is 0 Å². The SMILES string of the molecule is Cl.N[C@@H]1c2ccncc2CC12CCNCC2. The highest BCUT2D eigenvalue weighted by molar-refractivity contribution is 5.85. The van der Waals surface area contributed by atoms with Crippen LogP contribution in [-0.2, 0) is 6.42 Å². The Balaban J connectivity index is 0.000000963. The molecule has 3 rings (SSSR count). The van der Waals surface area contributed by atoms with Gasteiger partial charge in [0, 0.05) is 18.4 Å². The third kappa shape index (κ3) is 1.63. The summed E-state index contributed by atoms with van der Waals surface area (Å²) in [4.78, 5) is 4.20. The van der Waals surface area contributed by atoms with Crippen LogP contribution in [0.5, 0.6) is 0 Å². The molecular weight excluding hydrogens is 222 g/mol. The predicted molar refractivity (Wildman–Crippen MR) is 66.7 cm³/mol. The van der Waals surface area contributed by atoms with Crippen molar-refractivity contribution >= 4 is 12.4 Å². The number of aromatic nitrogens is 1. The molecule has 3 N–H and O–H groups in total. The number of piperidine rings is 1. The quantitative estimate of drug-likeness (QED) is 0.720. The minimum Gasteiger partial charge on any atom is -0.323 e. The van der Waals surface area contributed by atoms with Crippen molar-refractivity contribution in [3.05, 3.63) is 29.6 Å². The lowest BCUT2D eigenvalue weighted by Gasteiger charge is -2.37. The Hall–Kier alpha value is -0.640. The summed E-state index contributed by atoms with van der Waals surface area (Å²) in [7, 11) is 0. The zero-order chi connectivity index (χ0) is 10.3. The molecule has 0 bridgehead atoms. The van der Waals surface area contributed by atoms with E-state index >= 15 is 0 Å². The van der Waals surface area contributed by atoms with Crippen molar-refractivity contribution in [1.82, 2.24) is 10.3 Å². The van der Waals surface area contributed by atoms with Gasteiger partial charge in [0.15, 0.2) is 0 Å². The Kier molecular flexibility index (Phi) is 3.19. The molecule has 3 nitrogen and oxygen atoms in total. The highest BCUT2D eigenvalue weighted by Crippen LogP contribution is 2.49. The number of hydrogen-bond acceptors (Lipinski definition) is 3. The summed E-state index contributed by atoms with van der Waals surface area (Å²) in [6, 6.07) is 2.31. The Labute approximate surface area is 102 Å². The maximum atomic E-state index is 6.40. The third-order valence-electron chi connectivity index (χ3n) is 4.08. The fourth-order valence-corrected chi connectivity index (χ4v) is 3.12. The monoisotopic (exact) mass is 239 g/mol. The van der Waals surface area contributed by atoms with Crippen molar-refractivity contribution in [2.75, 3.05) is 13.1 Å². The van der Waals surface area contributed by atoms with Crippen molar-refractivity contribution in [3.8, 4) is 0 Å². The molecule has 88 valence electrons. The molecule has 2 heterocycles. The number of hydrogen-bond donors (Lipinski definition) is 2. The normalized spacial score (nSPS) is 26.2. The molecule has 1 spiro atoms. The molecule has 2 aliphatic rings. The second-order valence-corrected chi connectivity index (χ2v) is 4.84. The molecule has 1 aliphatic heterocycles. The van der Waals surface area contributed by atoms with Crippen LogP contribution in [0.2, 0.25) is 0 Å². The Morgan fingerprint density at radius 3 is 2.81 bits per heavy atom. The molecule has 1 aromatic rings. The van der Waals surface area contributed by atoms with E-state index in [-0.39, 0.29) is 18.4 Å². The number of fused-ring (bicyclic) bond motifs is 1. The standard InChI is InChI=1S/C12H17N3.ClH/c13-11-10-1-4-15-8-9(10)7-12(11)2-5-14-6-3-12;/h1,4,8,11,14H,2-3,5-7,13H2;1H/t11-;/m1./s1. The first-order valence-corrected chi connectivity index (χ1v) is 5.71. The number of nitrogens with two attached hydrogens (primary N) is 1. The first kappa shape index (κ1) is 11.8. The van der Waals surface area contributed by atoms with Crippen LogP contribution in [0, 0.1) is 5.41 Å². The van der Waals surface area contributed by atoms with Gasteiger partial charge in [-0.15, -0.1) is 12.4 Å². The molecular formula is C12H18ClN3. The third-order valence-corrected chi connectivity index (χ3v) is 4.08. The maximum Gasteiger partial charge on any atom is 0.0360 e. The second kappa shape index (κ2) is 4.32. The summed E-state index contributed by atoms with van der Waals surface area (Å²) in [5, 5.41) is 3.41.